The summed E-state index contributed by atoms with van der Waals surface area (Å²) in [7, 11) is 0. The van der Waals surface area contributed by atoms with Crippen LogP contribution in [-0.2, 0) is 10.9 Å². The van der Waals surface area contributed by atoms with Crippen molar-refractivity contribution in [3.63, 3.8) is 0 Å². The first kappa shape index (κ1) is 25.9. The number of pyridine rings is 1. The third kappa shape index (κ3) is 5.55. The van der Waals surface area contributed by atoms with Crippen LogP contribution < -0.4 is 15.5 Å². The zero-order chi connectivity index (χ0) is 27.0. The van der Waals surface area contributed by atoms with E-state index >= 15 is 0 Å². The van der Waals surface area contributed by atoms with E-state index in [2.05, 4.69) is 25.7 Å². The second-order valence-corrected chi connectivity index (χ2v) is 9.66. The number of halogens is 3. The number of aromatic nitrogens is 3. The molecule has 3 aliphatic heterocycles. The Kier molecular flexibility index (Phi) is 6.93. The van der Waals surface area contributed by atoms with Crippen LogP contribution in [-0.4, -0.2) is 64.1 Å². The fourth-order valence-electron chi connectivity index (χ4n) is 4.59. The SMILES string of the molecule is Cc1ccc(NC(=O)c2cc(C(F)(F)F)cnn2)cc1-c1cc(N[C@H](C)CO)nc(N2CC3CC(C2)O3)c1. The van der Waals surface area contributed by atoms with E-state index in [-0.39, 0.29) is 24.9 Å². The minimum absolute atomic E-state index is 0.0675. The number of carbonyl (C=O) groups excluding carboxylic acids is 1. The molecule has 0 aliphatic carbocycles. The average Bonchev–Trinajstić information content (AvgIpc) is 2.88. The molecule has 6 rings (SSSR count). The predicted molar refractivity (Wildman–Crippen MR) is 135 cm³/mol. The number of aryl methyl sites for hydroxylation is 1. The summed E-state index contributed by atoms with van der Waals surface area (Å²) in [4.78, 5) is 19.6. The number of hydrogen-bond acceptors (Lipinski definition) is 8. The van der Waals surface area contributed by atoms with Crippen LogP contribution in [0.3, 0.4) is 0 Å². The number of alkyl halides is 3. The van der Waals surface area contributed by atoms with Gasteiger partial charge in [-0.1, -0.05) is 6.07 Å². The zero-order valence-corrected chi connectivity index (χ0v) is 20.8. The number of aliphatic hydroxyl groups is 1. The summed E-state index contributed by atoms with van der Waals surface area (Å²) in [5.41, 5.74) is 1.45. The maximum absolute atomic E-state index is 13.0. The summed E-state index contributed by atoms with van der Waals surface area (Å²) in [5, 5.41) is 22.2. The van der Waals surface area contributed by atoms with Crippen LogP contribution in [0.1, 0.15) is 35.0 Å². The average molecular weight is 529 g/mol. The molecule has 3 atom stereocenters. The second kappa shape index (κ2) is 10.2. The molecule has 5 heterocycles. The molecule has 1 amide bonds. The number of anilines is 3. The standard InChI is InChI=1S/C26H27F3N6O3/c1-14-3-4-18(32-25(37)22-7-17(10-30-34-22)26(27,28)29)8-21(14)16-5-23(31-15(2)13-36)33-24(6-16)35-11-19-9-20(12-35)38-19/h3-8,10,15,19-20,36H,9,11-13H2,1-2H3,(H,31,33)(H,32,37)/t15-,19?,20?/m1/s1. The van der Waals surface area contributed by atoms with Crippen molar-refractivity contribution in [2.24, 2.45) is 0 Å². The number of aliphatic hydroxyl groups excluding tert-OH is 1. The van der Waals surface area contributed by atoms with E-state index in [1.165, 1.54) is 0 Å². The van der Waals surface area contributed by atoms with Crippen molar-refractivity contribution in [3.8, 4) is 11.1 Å². The van der Waals surface area contributed by atoms with Gasteiger partial charge in [0.15, 0.2) is 5.69 Å². The fourth-order valence-corrected chi connectivity index (χ4v) is 4.59. The maximum atomic E-state index is 13.0. The molecule has 2 aromatic heterocycles. The molecule has 1 aromatic carbocycles. The van der Waals surface area contributed by atoms with Gasteiger partial charge in [0.25, 0.3) is 5.91 Å². The Bertz CT molecular complexity index is 1340. The highest BCUT2D eigenvalue weighted by Crippen LogP contribution is 2.35. The summed E-state index contributed by atoms with van der Waals surface area (Å²) in [6.07, 6.45) is -2.65. The predicted octanol–water partition coefficient (Wildman–Crippen LogP) is 3.89. The molecule has 38 heavy (non-hydrogen) atoms. The maximum Gasteiger partial charge on any atom is 0.418 e. The molecule has 3 fully saturated rings. The van der Waals surface area contributed by atoms with Gasteiger partial charge in [0.1, 0.15) is 11.6 Å². The number of hydrogen-bond donors (Lipinski definition) is 3. The Hall–Kier alpha value is -3.77. The minimum Gasteiger partial charge on any atom is -0.394 e. The molecular weight excluding hydrogens is 501 g/mol. The molecular formula is C26H27F3N6O3. The number of carbonyl (C=O) groups is 1. The molecule has 0 radical (unpaired) electrons. The number of benzene rings is 1. The summed E-state index contributed by atoms with van der Waals surface area (Å²) >= 11 is 0. The molecule has 3 N–H and O–H groups in total. The van der Waals surface area contributed by atoms with Crippen LogP contribution in [0.4, 0.5) is 30.5 Å². The van der Waals surface area contributed by atoms with E-state index < -0.39 is 23.3 Å². The summed E-state index contributed by atoms with van der Waals surface area (Å²) < 4.78 is 44.9. The minimum atomic E-state index is -4.64. The molecule has 200 valence electrons. The summed E-state index contributed by atoms with van der Waals surface area (Å²) in [6.45, 7) is 5.16. The highest BCUT2D eigenvalue weighted by molar-refractivity contribution is 6.03. The van der Waals surface area contributed by atoms with Gasteiger partial charge >= 0.3 is 6.18 Å². The lowest BCUT2D eigenvalue weighted by molar-refractivity contribution is -0.138. The van der Waals surface area contributed by atoms with Crippen molar-refractivity contribution in [2.45, 2.75) is 44.7 Å². The fraction of sp³-hybridized carbons (Fsp3) is 0.385. The molecule has 0 saturated carbocycles. The first-order valence-corrected chi connectivity index (χ1v) is 12.2. The lowest BCUT2D eigenvalue weighted by atomic mass is 9.97. The van der Waals surface area contributed by atoms with Crippen molar-refractivity contribution >= 4 is 23.2 Å². The van der Waals surface area contributed by atoms with Gasteiger partial charge in [-0.15, -0.1) is 5.10 Å². The van der Waals surface area contributed by atoms with Crippen molar-refractivity contribution in [2.75, 3.05) is 35.2 Å². The van der Waals surface area contributed by atoms with Crippen LogP contribution in [0.5, 0.6) is 0 Å². The second-order valence-electron chi connectivity index (χ2n) is 9.66. The van der Waals surface area contributed by atoms with Gasteiger partial charge in [-0.25, -0.2) is 4.98 Å². The van der Waals surface area contributed by atoms with Crippen LogP contribution in [0.25, 0.3) is 11.1 Å². The Morgan fingerprint density at radius 1 is 1.21 bits per heavy atom. The molecule has 2 bridgehead atoms. The van der Waals surface area contributed by atoms with Crippen LogP contribution >= 0.6 is 0 Å². The van der Waals surface area contributed by atoms with Crippen molar-refractivity contribution in [1.29, 1.82) is 0 Å². The Morgan fingerprint density at radius 3 is 2.63 bits per heavy atom. The third-order valence-corrected chi connectivity index (χ3v) is 6.58. The number of morpholine rings is 1. The number of nitrogens with one attached hydrogen (secondary N) is 2. The number of rotatable bonds is 7. The van der Waals surface area contributed by atoms with E-state index in [4.69, 9.17) is 9.72 Å². The number of piperidine rings is 1. The lowest BCUT2D eigenvalue weighted by Crippen LogP contribution is -2.57. The van der Waals surface area contributed by atoms with E-state index in [0.717, 1.165) is 42.0 Å². The number of amides is 1. The van der Waals surface area contributed by atoms with Gasteiger partial charge in [0.05, 0.1) is 30.6 Å². The van der Waals surface area contributed by atoms with Crippen LogP contribution in [0.2, 0.25) is 0 Å². The van der Waals surface area contributed by atoms with E-state index in [1.54, 1.807) is 12.1 Å². The van der Waals surface area contributed by atoms with Gasteiger partial charge in [-0.3, -0.25) is 4.79 Å². The number of fused-ring (bicyclic) bond motifs is 2. The first-order chi connectivity index (χ1) is 18.1. The Balaban J connectivity index is 1.45. The van der Waals surface area contributed by atoms with Gasteiger partial charge in [0.2, 0.25) is 0 Å². The largest absolute Gasteiger partial charge is 0.418 e. The first-order valence-electron chi connectivity index (χ1n) is 12.2. The van der Waals surface area contributed by atoms with Crippen LogP contribution in [0.15, 0.2) is 42.6 Å². The highest BCUT2D eigenvalue weighted by atomic mass is 19.4. The van der Waals surface area contributed by atoms with Gasteiger partial charge < -0.3 is 25.4 Å². The zero-order valence-electron chi connectivity index (χ0n) is 20.8. The number of ether oxygens (including phenoxy) is 1. The molecule has 9 nitrogen and oxygen atoms in total. The van der Waals surface area contributed by atoms with E-state index in [9.17, 15) is 23.1 Å². The van der Waals surface area contributed by atoms with Crippen molar-refractivity contribution in [3.05, 3.63) is 59.4 Å². The normalized spacial score (nSPS) is 19.5. The molecule has 3 saturated heterocycles. The molecule has 2 unspecified atom stereocenters. The van der Waals surface area contributed by atoms with Gasteiger partial charge in [-0.2, -0.15) is 18.3 Å². The quantitative estimate of drug-likeness (QED) is 0.424. The van der Waals surface area contributed by atoms with Crippen molar-refractivity contribution < 1.29 is 27.8 Å². The molecule has 12 heteroatoms. The molecule has 3 aliphatic rings. The van der Waals surface area contributed by atoms with Gasteiger partial charge in [-0.05, 0) is 60.9 Å². The van der Waals surface area contributed by atoms with Gasteiger partial charge in [0, 0.05) is 31.2 Å². The highest BCUT2D eigenvalue weighted by Gasteiger charge is 2.39. The van der Waals surface area contributed by atoms with E-state index in [0.29, 0.717) is 23.8 Å². The Labute approximate surface area is 217 Å². The van der Waals surface area contributed by atoms with Crippen molar-refractivity contribution in [1.82, 2.24) is 15.2 Å². The summed E-state index contributed by atoms with van der Waals surface area (Å²) in [5.74, 6) is 0.550. The van der Waals surface area contributed by atoms with Crippen LogP contribution in [0, 0.1) is 6.92 Å². The monoisotopic (exact) mass is 528 g/mol. The third-order valence-electron chi connectivity index (χ3n) is 6.58. The smallest absolute Gasteiger partial charge is 0.394 e. The molecule has 3 aromatic rings. The lowest BCUT2D eigenvalue weighted by Gasteiger charge is -2.47. The Morgan fingerprint density at radius 2 is 1.95 bits per heavy atom. The van der Waals surface area contributed by atoms with E-state index in [1.807, 2.05) is 32.0 Å². The number of nitrogens with zero attached hydrogens (tertiary/aromatic N) is 4. The molecule has 0 spiro atoms. The summed E-state index contributed by atoms with van der Waals surface area (Å²) in [6, 6.07) is 9.51. The topological polar surface area (TPSA) is 112 Å².